The van der Waals surface area contributed by atoms with Crippen LogP contribution in [0.3, 0.4) is 0 Å². The monoisotopic (exact) mass is 1050 g/mol. The average Bonchev–Trinajstić information content (AvgIpc) is 4.06. The van der Waals surface area contributed by atoms with Gasteiger partial charge < -0.3 is 24.4 Å². The predicted octanol–water partition coefficient (Wildman–Crippen LogP) is 7.94. The van der Waals surface area contributed by atoms with Gasteiger partial charge in [-0.3, -0.25) is 14.8 Å². The maximum absolute atomic E-state index is 14.0. The molecule has 5 aromatic heterocycles. The molecule has 3 N–H and O–H groups in total. The fourth-order valence-electron chi connectivity index (χ4n) is 5.34. The molecule has 70 heavy (non-hydrogen) atoms. The molecule has 0 aliphatic rings. The smallest absolute Gasteiger partial charge is 0.419 e. The van der Waals surface area contributed by atoms with Gasteiger partial charge in [0.1, 0.15) is 72.4 Å². The molecule has 0 bridgehead atoms. The molecule has 0 amide bonds. The number of benzene rings is 2. The fourth-order valence-corrected chi connectivity index (χ4v) is 5.34. The standard InChI is InChI=1S/C18H11F4N5O.C14H12FN5O.C8H14F3N2.ClH.F5P.FH/c19-13-4-2-1-3-11(13)10-27-16(14-5-6-28-26-14)7-15(25-27)17-23-8-12(9-24-17)18(20,21)22;15-10-4-2-1-3-9(10)8-20-13(11-5-6-21-19-11)7-12(18-20)14(16)17;1-12(2)5-7(6-13(3)4)8(9,10)11;;1-6(2,3,4)5;/h1-9H,10H2;1-7H,8H2,(H3,16,17);5-6H,1-4H3;1H;;1H/q;;+1;;;/p-1. The van der Waals surface area contributed by atoms with Gasteiger partial charge in [-0.1, -0.05) is 46.7 Å². The van der Waals surface area contributed by atoms with Gasteiger partial charge in [0.05, 0.1) is 30.0 Å². The summed E-state index contributed by atoms with van der Waals surface area (Å²) in [7, 11) is -2.35. The van der Waals surface area contributed by atoms with E-state index >= 15 is 0 Å². The van der Waals surface area contributed by atoms with E-state index in [-0.39, 0.29) is 53.4 Å². The van der Waals surface area contributed by atoms with Crippen LogP contribution in [0.4, 0.5) is 56.1 Å². The third kappa shape index (κ3) is 19.0. The number of allylic oxidation sites excluding steroid dienone is 1. The maximum Gasteiger partial charge on any atom is 0.419 e. The number of nitrogens with one attached hydrogen (secondary N) is 1. The summed E-state index contributed by atoms with van der Waals surface area (Å²) in [5, 5.41) is 23.7. The van der Waals surface area contributed by atoms with Gasteiger partial charge in [0.15, 0.2) is 12.0 Å². The molecule has 380 valence electrons. The van der Waals surface area contributed by atoms with Crippen molar-refractivity contribution in [3.05, 3.63) is 144 Å². The first-order chi connectivity index (χ1) is 31.5. The van der Waals surface area contributed by atoms with Crippen molar-refractivity contribution >= 4 is 32.6 Å². The van der Waals surface area contributed by atoms with Gasteiger partial charge in [0, 0.05) is 55.9 Å². The Labute approximate surface area is 393 Å². The Hall–Kier alpha value is -7.22. The van der Waals surface area contributed by atoms with Crippen molar-refractivity contribution in [1.29, 1.82) is 5.41 Å². The van der Waals surface area contributed by atoms with Crippen molar-refractivity contribution < 1.29 is 74.4 Å². The first kappa shape index (κ1) is 58.9. The minimum atomic E-state index is -8.55. The van der Waals surface area contributed by atoms with Crippen LogP contribution >= 0.6 is 20.6 Å². The number of hydrogen-bond donors (Lipinski definition) is 2. The summed E-state index contributed by atoms with van der Waals surface area (Å²) in [6, 6.07) is 19.1. The molecule has 0 fully saturated rings. The number of aromatic nitrogens is 8. The van der Waals surface area contributed by atoms with Crippen LogP contribution in [0, 0.1) is 17.0 Å². The van der Waals surface area contributed by atoms with Gasteiger partial charge in [0.2, 0.25) is 0 Å². The van der Waals surface area contributed by atoms with Gasteiger partial charge >= 0.3 is 41.5 Å². The van der Waals surface area contributed by atoms with Gasteiger partial charge in [-0.25, -0.2) is 23.3 Å². The summed E-state index contributed by atoms with van der Waals surface area (Å²) in [5.41, 5.74) is 7.31. The van der Waals surface area contributed by atoms with Gasteiger partial charge in [0.25, 0.3) is 0 Å². The molecule has 0 unspecified atom stereocenters. The summed E-state index contributed by atoms with van der Waals surface area (Å²) in [6.45, 7) is 0.289. The van der Waals surface area contributed by atoms with Crippen LogP contribution in [0.1, 0.15) is 22.4 Å². The minimum absolute atomic E-state index is 0. The van der Waals surface area contributed by atoms with Crippen LogP contribution in [0.15, 0.2) is 119 Å². The molecule has 2 aromatic carbocycles. The van der Waals surface area contributed by atoms with Gasteiger partial charge in [-0.2, -0.15) is 36.5 Å². The van der Waals surface area contributed by atoms with E-state index in [1.165, 1.54) is 38.8 Å². The van der Waals surface area contributed by atoms with Crippen LogP contribution < -0.4 is 10.4 Å². The minimum Gasteiger partial charge on any atom is -1.00 e. The number of nitrogens with zero attached hydrogens (tertiary/aromatic N) is 10. The Balaban J connectivity index is 0.000000354. The second-order valence-corrected chi connectivity index (χ2v) is 15.4. The summed E-state index contributed by atoms with van der Waals surface area (Å²) < 4.78 is 166. The van der Waals surface area contributed by atoms with Crippen LogP contribution in [0.25, 0.3) is 34.3 Å². The molecule has 0 atom stereocenters. The quantitative estimate of drug-likeness (QED) is 0.0451. The van der Waals surface area contributed by atoms with E-state index in [9.17, 15) is 56.1 Å². The normalized spacial score (nSPS) is 11.9. The predicted molar refractivity (Wildman–Crippen MR) is 229 cm³/mol. The van der Waals surface area contributed by atoms with E-state index in [1.807, 2.05) is 0 Å². The molecule has 7 aromatic rings. The van der Waals surface area contributed by atoms with Crippen LogP contribution in [-0.4, -0.2) is 95.7 Å². The van der Waals surface area contributed by atoms with E-state index in [2.05, 4.69) is 30.5 Å². The van der Waals surface area contributed by atoms with Crippen molar-refractivity contribution in [2.75, 3.05) is 28.2 Å². The molecule has 30 heteroatoms. The zero-order chi connectivity index (χ0) is 50.6. The Morgan fingerprint density at radius 1 is 0.743 bits per heavy atom. The molecular weight excluding hydrogens is 1010 g/mol. The zero-order valence-electron chi connectivity index (χ0n) is 36.3. The number of rotatable bonds is 10. The van der Waals surface area contributed by atoms with Gasteiger partial charge in [-0.05, 0) is 24.3 Å². The van der Waals surface area contributed by atoms with Gasteiger partial charge in [-0.15, -0.1) is 12.4 Å². The van der Waals surface area contributed by atoms with Crippen molar-refractivity contribution in [1.82, 2.24) is 44.7 Å². The number of halogens is 15. The number of nitrogens with two attached hydrogens (primary N) is 1. The SMILES string of the molecule is CN(C)/C=C(/C=[N+](C)C)C(F)(F)F.Cl.FP(F)(F)(F)F.Fc1ccccc1Cn1nc(-c2ncc(C(F)(F)F)cn2)cc1-c1ccon1.N=C(N)c1cc(-c2ccon2)n(Cc2ccccc2F)n1.[F-]. The number of alkyl halides is 6. The number of nitrogen functional groups attached to an aromatic ring is 1. The topological polar surface area (TPSA) is 170 Å². The molecule has 14 nitrogen and oxygen atoms in total. The van der Waals surface area contributed by atoms with Crippen molar-refractivity contribution in [3.8, 4) is 34.3 Å². The molecular formula is C40H38ClF14N12O2P. The first-order valence-electron chi connectivity index (χ1n) is 18.8. The van der Waals surface area contributed by atoms with Crippen LogP contribution in [0.2, 0.25) is 0 Å². The van der Waals surface area contributed by atoms with E-state index in [0.717, 1.165) is 12.4 Å². The summed E-state index contributed by atoms with van der Waals surface area (Å²) in [5.74, 6) is -0.878. The van der Waals surface area contributed by atoms with Crippen LogP contribution in [-0.2, 0) is 19.3 Å². The number of hydrogen-bond acceptors (Lipinski definition) is 10. The Bertz CT molecular complexity index is 2780. The first-order valence-corrected chi connectivity index (χ1v) is 20.5. The van der Waals surface area contributed by atoms with E-state index in [1.54, 1.807) is 93.5 Å². The molecule has 7 rings (SSSR count). The number of amidine groups is 1. The maximum atomic E-state index is 14.0. The molecule has 0 saturated heterocycles. The Kier molecular flexibility index (Phi) is 20.5. The van der Waals surface area contributed by atoms with E-state index in [0.29, 0.717) is 52.0 Å². The third-order valence-corrected chi connectivity index (χ3v) is 8.12. The molecule has 0 radical (unpaired) electrons. The molecule has 0 aliphatic carbocycles. The summed E-state index contributed by atoms with van der Waals surface area (Å²) in [6.07, 6.45) is -2.57. The fraction of sp³-hybridized carbons (Fsp3) is 0.200. The average molecular weight is 1050 g/mol. The Morgan fingerprint density at radius 3 is 1.56 bits per heavy atom. The second-order valence-electron chi connectivity index (χ2n) is 14.1. The molecule has 0 spiro atoms. The van der Waals surface area contributed by atoms with Crippen molar-refractivity contribution in [2.24, 2.45) is 5.73 Å². The van der Waals surface area contributed by atoms with Crippen LogP contribution in [0.5, 0.6) is 0 Å². The van der Waals surface area contributed by atoms with E-state index < -0.39 is 37.5 Å². The van der Waals surface area contributed by atoms with Crippen molar-refractivity contribution in [3.63, 3.8) is 0 Å². The van der Waals surface area contributed by atoms with E-state index in [4.69, 9.17) is 20.2 Å². The molecule has 5 heterocycles. The van der Waals surface area contributed by atoms with Crippen molar-refractivity contribution in [2.45, 2.75) is 25.4 Å². The second kappa shape index (κ2) is 24.4. The Morgan fingerprint density at radius 2 is 1.19 bits per heavy atom. The summed E-state index contributed by atoms with van der Waals surface area (Å²) in [4.78, 5) is 8.87. The molecule has 0 aliphatic heterocycles. The third-order valence-electron chi connectivity index (χ3n) is 8.12. The summed E-state index contributed by atoms with van der Waals surface area (Å²) >= 11 is 0. The molecule has 0 saturated carbocycles. The largest absolute Gasteiger partial charge is 1.00 e. The zero-order valence-corrected chi connectivity index (χ0v) is 38.0.